The molecular formula is C22H31NO2. The highest BCUT2D eigenvalue weighted by Crippen LogP contribution is 2.54. The van der Waals surface area contributed by atoms with E-state index in [2.05, 4.69) is 49.2 Å². The van der Waals surface area contributed by atoms with Crippen LogP contribution in [-0.2, 0) is 16.1 Å². The monoisotopic (exact) mass is 341 g/mol. The molecule has 0 radical (unpaired) electrons. The van der Waals surface area contributed by atoms with Crippen molar-refractivity contribution in [2.45, 2.75) is 70.1 Å². The Morgan fingerprint density at radius 2 is 2.00 bits per heavy atom. The smallest absolute Gasteiger partial charge is 0.331 e. The zero-order valence-electron chi connectivity index (χ0n) is 15.6. The van der Waals surface area contributed by atoms with Crippen LogP contribution in [0.25, 0.3) is 0 Å². The minimum absolute atomic E-state index is 0.000807. The van der Waals surface area contributed by atoms with Crippen LogP contribution in [0.15, 0.2) is 42.5 Å². The Morgan fingerprint density at radius 1 is 1.20 bits per heavy atom. The number of unbranched alkanes of at least 4 members (excludes halogenated alkanes) is 2. The second-order valence-electron chi connectivity index (χ2n) is 7.72. The highest BCUT2D eigenvalue weighted by atomic mass is 16.5. The quantitative estimate of drug-likeness (QED) is 0.455. The number of nitrogens with zero attached hydrogens (tertiary/aromatic N) is 1. The third kappa shape index (κ3) is 4.52. The molecule has 3 nitrogen and oxygen atoms in total. The molecule has 1 aliphatic heterocycles. The van der Waals surface area contributed by atoms with Crippen molar-refractivity contribution in [2.24, 2.45) is 5.92 Å². The number of hydrogen-bond acceptors (Lipinski definition) is 3. The van der Waals surface area contributed by atoms with Gasteiger partial charge in [-0.05, 0) is 50.3 Å². The molecule has 1 heterocycles. The summed E-state index contributed by atoms with van der Waals surface area (Å²) < 4.78 is 5.30. The van der Waals surface area contributed by atoms with Gasteiger partial charge in [-0.25, -0.2) is 4.79 Å². The number of esters is 1. The Kier molecular flexibility index (Phi) is 5.95. The van der Waals surface area contributed by atoms with Gasteiger partial charge in [-0.2, -0.15) is 0 Å². The van der Waals surface area contributed by atoms with Crippen LogP contribution < -0.4 is 0 Å². The average molecular weight is 341 g/mol. The highest BCUT2D eigenvalue weighted by molar-refractivity contribution is 5.84. The summed E-state index contributed by atoms with van der Waals surface area (Å²) in [6.45, 7) is 3.29. The van der Waals surface area contributed by atoms with Crippen molar-refractivity contribution in [3.8, 4) is 0 Å². The molecule has 25 heavy (non-hydrogen) atoms. The highest BCUT2D eigenvalue weighted by Gasteiger charge is 2.55. The second-order valence-corrected chi connectivity index (χ2v) is 7.72. The zero-order valence-corrected chi connectivity index (χ0v) is 15.6. The first kappa shape index (κ1) is 18.2. The van der Waals surface area contributed by atoms with Crippen LogP contribution in [0.2, 0.25) is 0 Å². The van der Waals surface area contributed by atoms with E-state index in [-0.39, 0.29) is 12.1 Å². The predicted molar refractivity (Wildman–Crippen MR) is 101 cm³/mol. The van der Waals surface area contributed by atoms with Gasteiger partial charge < -0.3 is 4.74 Å². The molecule has 3 rings (SSSR count). The normalized spacial score (nSPS) is 27.7. The summed E-state index contributed by atoms with van der Waals surface area (Å²) in [5, 5.41) is 0. The van der Waals surface area contributed by atoms with Crippen molar-refractivity contribution in [3.05, 3.63) is 48.0 Å². The summed E-state index contributed by atoms with van der Waals surface area (Å²) in [6, 6.07) is 10.8. The van der Waals surface area contributed by atoms with Crippen LogP contribution in [-0.4, -0.2) is 29.6 Å². The molecule has 0 N–H and O–H groups in total. The Bertz CT molecular complexity index is 597. The molecule has 1 unspecified atom stereocenters. The lowest BCUT2D eigenvalue weighted by Crippen LogP contribution is -2.35. The van der Waals surface area contributed by atoms with Gasteiger partial charge in [0.25, 0.3) is 0 Å². The number of benzene rings is 1. The van der Waals surface area contributed by atoms with E-state index in [0.29, 0.717) is 5.54 Å². The van der Waals surface area contributed by atoms with Gasteiger partial charge >= 0.3 is 5.97 Å². The molecule has 0 amide bonds. The zero-order chi connectivity index (χ0) is 17.7. The van der Waals surface area contributed by atoms with E-state index in [4.69, 9.17) is 4.74 Å². The molecule has 136 valence electrons. The molecule has 3 heteroatoms. The lowest BCUT2D eigenvalue weighted by atomic mass is 9.99. The fourth-order valence-corrected chi connectivity index (χ4v) is 4.33. The summed E-state index contributed by atoms with van der Waals surface area (Å²) in [4.78, 5) is 13.8. The van der Waals surface area contributed by atoms with Gasteiger partial charge in [-0.3, -0.25) is 4.90 Å². The summed E-state index contributed by atoms with van der Waals surface area (Å²) in [6.07, 6.45) is 12.0. The molecule has 1 aromatic carbocycles. The van der Waals surface area contributed by atoms with Crippen LogP contribution in [0.4, 0.5) is 0 Å². The number of carbonyl (C=O) groups is 1. The van der Waals surface area contributed by atoms with E-state index in [0.717, 1.165) is 25.3 Å². The fraction of sp³-hybridized carbons (Fsp3) is 0.591. The SMILES string of the molecule is CCCCC[C@@]1(N(C)Cc2ccccc2)C[C@@H]1CCC1C=CC(=O)O1. The topological polar surface area (TPSA) is 29.5 Å². The lowest BCUT2D eigenvalue weighted by molar-refractivity contribution is -0.138. The predicted octanol–water partition coefficient (Wildman–Crippen LogP) is 4.72. The molecule has 1 saturated carbocycles. The summed E-state index contributed by atoms with van der Waals surface area (Å²) >= 11 is 0. The van der Waals surface area contributed by atoms with Crippen LogP contribution >= 0.6 is 0 Å². The standard InChI is InChI=1S/C22H31NO2/c1-3-4-8-15-22(23(2)17-18-9-6-5-7-10-18)16-19(22)11-12-20-13-14-21(24)25-20/h5-7,9-10,13-14,19-20H,3-4,8,11-12,15-17H2,1-2H3/t19-,20?,22+/m0/s1. The molecule has 0 bridgehead atoms. The minimum atomic E-state index is -0.184. The first-order valence-corrected chi connectivity index (χ1v) is 9.78. The van der Waals surface area contributed by atoms with Gasteiger partial charge in [0.15, 0.2) is 0 Å². The van der Waals surface area contributed by atoms with Crippen LogP contribution in [0.5, 0.6) is 0 Å². The van der Waals surface area contributed by atoms with Crippen LogP contribution in [0, 0.1) is 5.92 Å². The Morgan fingerprint density at radius 3 is 2.68 bits per heavy atom. The van der Waals surface area contributed by atoms with Crippen molar-refractivity contribution in [3.63, 3.8) is 0 Å². The molecular weight excluding hydrogens is 310 g/mol. The number of ether oxygens (including phenoxy) is 1. The number of hydrogen-bond donors (Lipinski definition) is 0. The van der Waals surface area contributed by atoms with Gasteiger partial charge in [0.05, 0.1) is 0 Å². The number of carbonyl (C=O) groups excluding carboxylic acids is 1. The van der Waals surface area contributed by atoms with Crippen LogP contribution in [0.3, 0.4) is 0 Å². The molecule has 3 atom stereocenters. The van der Waals surface area contributed by atoms with E-state index < -0.39 is 0 Å². The Balaban J connectivity index is 1.57. The molecule has 1 aromatic rings. The maximum Gasteiger partial charge on any atom is 0.331 e. The van der Waals surface area contributed by atoms with Gasteiger partial charge in [0.2, 0.25) is 0 Å². The Labute approximate surface area is 152 Å². The van der Waals surface area contributed by atoms with Gasteiger partial charge in [-0.1, -0.05) is 56.5 Å². The van der Waals surface area contributed by atoms with E-state index in [9.17, 15) is 4.79 Å². The first-order valence-electron chi connectivity index (χ1n) is 9.78. The van der Waals surface area contributed by atoms with Gasteiger partial charge in [0, 0.05) is 18.2 Å². The Hall–Kier alpha value is -1.61. The molecule has 0 spiro atoms. The fourth-order valence-electron chi connectivity index (χ4n) is 4.33. The van der Waals surface area contributed by atoms with Crippen LogP contribution in [0.1, 0.15) is 57.4 Å². The van der Waals surface area contributed by atoms with Crippen molar-refractivity contribution in [2.75, 3.05) is 7.05 Å². The van der Waals surface area contributed by atoms with E-state index in [1.807, 2.05) is 6.08 Å². The maximum atomic E-state index is 11.2. The van der Waals surface area contributed by atoms with E-state index >= 15 is 0 Å². The number of rotatable bonds is 10. The van der Waals surface area contributed by atoms with Crippen molar-refractivity contribution < 1.29 is 9.53 Å². The summed E-state index contributed by atoms with van der Waals surface area (Å²) in [7, 11) is 2.29. The van der Waals surface area contributed by atoms with Crippen molar-refractivity contribution >= 4 is 5.97 Å². The van der Waals surface area contributed by atoms with Crippen molar-refractivity contribution in [1.29, 1.82) is 0 Å². The molecule has 1 aliphatic carbocycles. The molecule has 0 saturated heterocycles. The molecule has 2 aliphatic rings. The van der Waals surface area contributed by atoms with Gasteiger partial charge in [-0.15, -0.1) is 0 Å². The third-order valence-corrected chi connectivity index (χ3v) is 5.95. The first-order chi connectivity index (χ1) is 12.1. The van der Waals surface area contributed by atoms with Crippen molar-refractivity contribution in [1.82, 2.24) is 4.90 Å². The van der Waals surface area contributed by atoms with E-state index in [1.165, 1.54) is 37.7 Å². The number of cyclic esters (lactones) is 1. The maximum absolute atomic E-state index is 11.2. The average Bonchev–Trinajstić information content (AvgIpc) is 3.18. The molecule has 0 aromatic heterocycles. The minimum Gasteiger partial charge on any atom is -0.455 e. The van der Waals surface area contributed by atoms with Gasteiger partial charge in [0.1, 0.15) is 6.10 Å². The second kappa shape index (κ2) is 8.18. The van der Waals surface area contributed by atoms with E-state index in [1.54, 1.807) is 6.08 Å². The molecule has 1 fully saturated rings. The summed E-state index contributed by atoms with van der Waals surface area (Å²) in [5.74, 6) is 0.543. The lowest BCUT2D eigenvalue weighted by Gasteiger charge is -2.30. The summed E-state index contributed by atoms with van der Waals surface area (Å²) in [5.41, 5.74) is 1.73. The third-order valence-electron chi connectivity index (χ3n) is 5.95. The largest absolute Gasteiger partial charge is 0.455 e.